The highest BCUT2D eigenvalue weighted by molar-refractivity contribution is 6.15. The lowest BCUT2D eigenvalue weighted by Gasteiger charge is -2.17. The maximum Gasteiger partial charge on any atom is 0.252 e. The van der Waals surface area contributed by atoms with Crippen LogP contribution in [0.15, 0.2) is 72.8 Å². The van der Waals surface area contributed by atoms with E-state index < -0.39 is 0 Å². The molecule has 1 amide bonds. The molecule has 3 aromatic rings. The van der Waals surface area contributed by atoms with Gasteiger partial charge in [0.15, 0.2) is 17.3 Å². The average Bonchev–Trinajstić information content (AvgIpc) is 3.15. The van der Waals surface area contributed by atoms with Gasteiger partial charge in [0.1, 0.15) is 12.2 Å². The Labute approximate surface area is 193 Å². The molecule has 0 radical (unpaired) electrons. The molecule has 3 aromatic carbocycles. The van der Waals surface area contributed by atoms with Gasteiger partial charge in [-0.3, -0.25) is 9.59 Å². The van der Waals surface area contributed by atoms with Crippen molar-refractivity contribution < 1.29 is 19.1 Å². The number of hydrogen-bond donors (Lipinski definition) is 1. The molecule has 0 saturated carbocycles. The summed E-state index contributed by atoms with van der Waals surface area (Å²) in [6, 6.07) is 21.5. The third-order valence-electron chi connectivity index (χ3n) is 5.27. The van der Waals surface area contributed by atoms with Gasteiger partial charge in [0.2, 0.25) is 0 Å². The first kappa shape index (κ1) is 22.2. The van der Waals surface area contributed by atoms with E-state index in [1.807, 2.05) is 38.1 Å². The van der Waals surface area contributed by atoms with Gasteiger partial charge >= 0.3 is 0 Å². The van der Waals surface area contributed by atoms with E-state index in [1.165, 1.54) is 0 Å². The fourth-order valence-electron chi connectivity index (χ4n) is 3.77. The normalized spacial score (nSPS) is 13.2. The highest BCUT2D eigenvalue weighted by Crippen LogP contribution is 2.41. The minimum absolute atomic E-state index is 0.145. The standard InChI is InChI=1S/C28H25NO4/c1-28(2)19-21-13-10-16-24(26(21)33-28)32-18-9-8-17-29-27(31)23-15-7-6-14-22(23)25(30)20-11-4-3-5-12-20/h3-7,10-16H,17-19H2,1-2H3,(H,29,31). The number of fused-ring (bicyclic) bond motifs is 1. The second-order valence-corrected chi connectivity index (χ2v) is 8.35. The van der Waals surface area contributed by atoms with E-state index in [2.05, 4.69) is 17.2 Å². The van der Waals surface area contributed by atoms with Crippen LogP contribution in [-0.2, 0) is 6.42 Å². The Balaban J connectivity index is 1.33. The second kappa shape index (κ2) is 9.62. The van der Waals surface area contributed by atoms with Crippen LogP contribution in [0.2, 0.25) is 0 Å². The minimum Gasteiger partial charge on any atom is -0.483 e. The Morgan fingerprint density at radius 3 is 2.45 bits per heavy atom. The number of ketones is 1. The quantitative estimate of drug-likeness (QED) is 0.456. The number of rotatable bonds is 6. The molecule has 1 heterocycles. The monoisotopic (exact) mass is 439 g/mol. The van der Waals surface area contributed by atoms with E-state index in [1.54, 1.807) is 48.5 Å². The lowest BCUT2D eigenvalue weighted by molar-refractivity contribution is 0.0946. The molecule has 5 nitrogen and oxygen atoms in total. The number of carbonyl (C=O) groups is 2. The summed E-state index contributed by atoms with van der Waals surface area (Å²) >= 11 is 0. The summed E-state index contributed by atoms with van der Waals surface area (Å²) < 4.78 is 11.8. The Bertz CT molecular complexity index is 1240. The molecule has 0 atom stereocenters. The largest absolute Gasteiger partial charge is 0.483 e. The summed E-state index contributed by atoms with van der Waals surface area (Å²) in [6.45, 7) is 4.42. The molecule has 0 unspecified atom stereocenters. The summed E-state index contributed by atoms with van der Waals surface area (Å²) in [6.07, 6.45) is 0.839. The maximum atomic E-state index is 12.8. The van der Waals surface area contributed by atoms with E-state index in [0.29, 0.717) is 22.4 Å². The molecule has 0 spiro atoms. The van der Waals surface area contributed by atoms with E-state index in [-0.39, 0.29) is 30.4 Å². The van der Waals surface area contributed by atoms with Gasteiger partial charge < -0.3 is 14.8 Å². The lowest BCUT2D eigenvalue weighted by atomic mass is 9.98. The first-order valence-corrected chi connectivity index (χ1v) is 10.8. The van der Waals surface area contributed by atoms with Crippen LogP contribution in [0.25, 0.3) is 0 Å². The SMILES string of the molecule is CC1(C)Cc2cccc(OCC#CCNC(=O)c3ccccc3C(=O)c3ccccc3)c2O1. The van der Waals surface area contributed by atoms with Gasteiger partial charge in [-0.15, -0.1) is 0 Å². The minimum atomic E-state index is -0.346. The Hall–Kier alpha value is -4.04. The van der Waals surface area contributed by atoms with Crippen LogP contribution < -0.4 is 14.8 Å². The molecule has 1 aliphatic rings. The van der Waals surface area contributed by atoms with Crippen molar-refractivity contribution in [2.45, 2.75) is 25.9 Å². The van der Waals surface area contributed by atoms with E-state index >= 15 is 0 Å². The fraction of sp³-hybridized carbons (Fsp3) is 0.214. The summed E-state index contributed by atoms with van der Waals surface area (Å²) in [5.41, 5.74) is 2.11. The van der Waals surface area contributed by atoms with Crippen molar-refractivity contribution in [2.75, 3.05) is 13.2 Å². The van der Waals surface area contributed by atoms with Gasteiger partial charge in [0, 0.05) is 23.1 Å². The number of carbonyl (C=O) groups excluding carboxylic acids is 2. The van der Waals surface area contributed by atoms with Crippen molar-refractivity contribution in [3.8, 4) is 23.3 Å². The van der Waals surface area contributed by atoms with Crippen LogP contribution >= 0.6 is 0 Å². The molecule has 0 fully saturated rings. The second-order valence-electron chi connectivity index (χ2n) is 8.35. The number of nitrogens with one attached hydrogen (secondary N) is 1. The van der Waals surface area contributed by atoms with Gasteiger partial charge in [-0.1, -0.05) is 72.5 Å². The van der Waals surface area contributed by atoms with Gasteiger partial charge in [0.25, 0.3) is 5.91 Å². The van der Waals surface area contributed by atoms with Crippen molar-refractivity contribution in [3.05, 3.63) is 95.1 Å². The molecule has 0 aliphatic carbocycles. The number of amides is 1. The topological polar surface area (TPSA) is 64.6 Å². The van der Waals surface area contributed by atoms with Crippen LogP contribution in [0, 0.1) is 11.8 Å². The van der Waals surface area contributed by atoms with Crippen LogP contribution in [0.4, 0.5) is 0 Å². The molecule has 0 bridgehead atoms. The summed E-state index contributed by atoms with van der Waals surface area (Å²) in [5, 5.41) is 2.75. The number of hydrogen-bond acceptors (Lipinski definition) is 4. The van der Waals surface area contributed by atoms with Crippen LogP contribution in [-0.4, -0.2) is 30.4 Å². The van der Waals surface area contributed by atoms with E-state index in [0.717, 1.165) is 17.7 Å². The molecule has 0 saturated heterocycles. The molecule has 5 heteroatoms. The predicted molar refractivity (Wildman–Crippen MR) is 127 cm³/mol. The smallest absolute Gasteiger partial charge is 0.252 e. The first-order valence-electron chi connectivity index (χ1n) is 10.8. The highest BCUT2D eigenvalue weighted by atomic mass is 16.5. The van der Waals surface area contributed by atoms with E-state index in [9.17, 15) is 9.59 Å². The van der Waals surface area contributed by atoms with Crippen molar-refractivity contribution in [3.63, 3.8) is 0 Å². The average molecular weight is 440 g/mol. The molecule has 33 heavy (non-hydrogen) atoms. The van der Waals surface area contributed by atoms with Crippen LogP contribution in [0.5, 0.6) is 11.5 Å². The molecule has 0 aromatic heterocycles. The molecule has 166 valence electrons. The van der Waals surface area contributed by atoms with Crippen molar-refractivity contribution >= 4 is 11.7 Å². The van der Waals surface area contributed by atoms with Crippen molar-refractivity contribution in [1.29, 1.82) is 0 Å². The first-order chi connectivity index (χ1) is 15.9. The zero-order chi connectivity index (χ0) is 23.3. The molecule has 4 rings (SSSR count). The molecule has 1 aliphatic heterocycles. The van der Waals surface area contributed by atoms with Crippen molar-refractivity contribution in [2.24, 2.45) is 0 Å². The summed E-state index contributed by atoms with van der Waals surface area (Å²) in [7, 11) is 0. The molecule has 1 N–H and O–H groups in total. The van der Waals surface area contributed by atoms with Gasteiger partial charge in [-0.05, 0) is 26.0 Å². The van der Waals surface area contributed by atoms with Crippen LogP contribution in [0.3, 0.4) is 0 Å². The van der Waals surface area contributed by atoms with Gasteiger partial charge in [0.05, 0.1) is 12.1 Å². The predicted octanol–water partition coefficient (Wildman–Crippen LogP) is 4.44. The van der Waals surface area contributed by atoms with Gasteiger partial charge in [-0.25, -0.2) is 0 Å². The third kappa shape index (κ3) is 5.24. The zero-order valence-electron chi connectivity index (χ0n) is 18.7. The highest BCUT2D eigenvalue weighted by Gasteiger charge is 2.32. The summed E-state index contributed by atoms with van der Waals surface area (Å²) in [4.78, 5) is 25.5. The lowest BCUT2D eigenvalue weighted by Crippen LogP contribution is -2.25. The summed E-state index contributed by atoms with van der Waals surface area (Å²) in [5.74, 6) is 6.70. The third-order valence-corrected chi connectivity index (χ3v) is 5.27. The number of para-hydroxylation sites is 1. The molecular formula is C28H25NO4. The maximum absolute atomic E-state index is 12.8. The van der Waals surface area contributed by atoms with Gasteiger partial charge in [-0.2, -0.15) is 0 Å². The number of benzene rings is 3. The zero-order valence-corrected chi connectivity index (χ0v) is 18.7. The molecular weight excluding hydrogens is 414 g/mol. The fourth-order valence-corrected chi connectivity index (χ4v) is 3.77. The van der Waals surface area contributed by atoms with E-state index in [4.69, 9.17) is 9.47 Å². The Morgan fingerprint density at radius 2 is 1.67 bits per heavy atom. The Morgan fingerprint density at radius 1 is 0.939 bits per heavy atom. The van der Waals surface area contributed by atoms with Crippen molar-refractivity contribution in [1.82, 2.24) is 5.32 Å². The Kier molecular flexibility index (Phi) is 6.46. The number of ether oxygens (including phenoxy) is 2. The van der Waals surface area contributed by atoms with Crippen LogP contribution in [0.1, 0.15) is 45.7 Å².